The molecule has 0 saturated carbocycles. The number of carbonyl (C=O) groups excluding carboxylic acids is 1. The third kappa shape index (κ3) is 5.86. The number of H-pyrrole nitrogens is 1. The highest BCUT2D eigenvalue weighted by Gasteiger charge is 2.36. The van der Waals surface area contributed by atoms with Crippen LogP contribution in [-0.4, -0.2) is 41.3 Å². The molecule has 0 bridgehead atoms. The maximum absolute atomic E-state index is 13.3. The average Bonchev–Trinajstić information content (AvgIpc) is 2.95. The second kappa shape index (κ2) is 9.40. The number of fused-ring (bicyclic) bond motifs is 1. The average molecular weight is 477 g/mol. The van der Waals surface area contributed by atoms with Crippen LogP contribution in [0.4, 0.5) is 19.0 Å². The predicted molar refractivity (Wildman–Crippen MR) is 116 cm³/mol. The van der Waals surface area contributed by atoms with E-state index in [1.54, 1.807) is 18.2 Å². The van der Waals surface area contributed by atoms with Crippen molar-refractivity contribution in [3.63, 3.8) is 0 Å². The van der Waals surface area contributed by atoms with Crippen LogP contribution in [0.25, 0.3) is 11.6 Å². The van der Waals surface area contributed by atoms with Crippen molar-refractivity contribution in [2.24, 2.45) is 0 Å². The van der Waals surface area contributed by atoms with Gasteiger partial charge in [-0.25, -0.2) is 4.79 Å². The molecule has 0 radical (unpaired) electrons. The molecule has 168 valence electrons. The lowest BCUT2D eigenvalue weighted by atomic mass is 10.0. The lowest BCUT2D eigenvalue weighted by molar-refractivity contribution is -0.121. The van der Waals surface area contributed by atoms with E-state index >= 15 is 0 Å². The van der Waals surface area contributed by atoms with Gasteiger partial charge in [0, 0.05) is 23.1 Å². The summed E-state index contributed by atoms with van der Waals surface area (Å²) in [5.74, 6) is -0.425. The monoisotopic (exact) mass is 476 g/mol. The number of amides is 1. The van der Waals surface area contributed by atoms with Crippen molar-refractivity contribution in [3.8, 4) is 0 Å². The molecular weight excluding hydrogens is 456 g/mol. The van der Waals surface area contributed by atoms with Crippen molar-refractivity contribution in [3.05, 3.63) is 50.0 Å². The molecule has 1 aliphatic rings. The fourth-order valence-corrected chi connectivity index (χ4v) is 3.96. The molecule has 1 aromatic heterocycles. The van der Waals surface area contributed by atoms with E-state index in [1.165, 1.54) is 6.07 Å². The van der Waals surface area contributed by atoms with Crippen molar-refractivity contribution in [2.75, 3.05) is 24.5 Å². The number of aromatic amines is 1. The van der Waals surface area contributed by atoms with Crippen molar-refractivity contribution < 1.29 is 18.0 Å². The molecule has 2 aromatic rings. The van der Waals surface area contributed by atoms with Gasteiger partial charge in [-0.2, -0.15) is 13.2 Å². The molecule has 6 nitrogen and oxygen atoms in total. The summed E-state index contributed by atoms with van der Waals surface area (Å²) in [6, 6.07) is 4.70. The van der Waals surface area contributed by atoms with Crippen LogP contribution >= 0.6 is 23.2 Å². The summed E-state index contributed by atoms with van der Waals surface area (Å²) in [5.41, 5.74) is 0.570. The molecule has 31 heavy (non-hydrogen) atoms. The number of unbranched alkanes of at least 4 members (excludes halogenated alkanes) is 1. The molecule has 0 atom stereocenters. The topological polar surface area (TPSA) is 70.1 Å². The molecular formula is C20H21Cl2F3N4O2. The summed E-state index contributed by atoms with van der Waals surface area (Å²) in [6.45, 7) is 0.584. The van der Waals surface area contributed by atoms with Crippen LogP contribution in [0.15, 0.2) is 23.0 Å². The number of rotatable bonds is 7. The third-order valence-corrected chi connectivity index (χ3v) is 5.16. The number of aromatic nitrogens is 2. The molecule has 0 spiro atoms. The Morgan fingerprint density at radius 2 is 1.90 bits per heavy atom. The second-order valence-corrected chi connectivity index (χ2v) is 8.13. The first-order valence-corrected chi connectivity index (χ1v) is 10.4. The summed E-state index contributed by atoms with van der Waals surface area (Å²) in [4.78, 5) is 28.3. The van der Waals surface area contributed by atoms with Gasteiger partial charge in [0.1, 0.15) is 18.9 Å². The van der Waals surface area contributed by atoms with E-state index in [0.717, 1.165) is 22.3 Å². The van der Waals surface area contributed by atoms with Gasteiger partial charge in [0.05, 0.1) is 5.69 Å². The highest BCUT2D eigenvalue weighted by atomic mass is 35.5. The molecule has 1 aliphatic heterocycles. The van der Waals surface area contributed by atoms with E-state index in [0.29, 0.717) is 27.7 Å². The lowest BCUT2D eigenvalue weighted by Gasteiger charge is -2.31. The van der Waals surface area contributed by atoms with Gasteiger partial charge in [0.2, 0.25) is 5.91 Å². The summed E-state index contributed by atoms with van der Waals surface area (Å²) in [6.07, 6.45) is -1.30. The van der Waals surface area contributed by atoms with Crippen LogP contribution in [0, 0.1) is 0 Å². The Labute approximate surface area is 186 Å². The molecule has 2 heterocycles. The van der Waals surface area contributed by atoms with Crippen LogP contribution in [0.5, 0.6) is 0 Å². The molecule has 1 amide bonds. The molecule has 11 heteroatoms. The number of nitrogens with one attached hydrogen (secondary N) is 2. The Bertz CT molecular complexity index is 1040. The van der Waals surface area contributed by atoms with Crippen molar-refractivity contribution in [1.82, 2.24) is 14.9 Å². The van der Waals surface area contributed by atoms with Crippen molar-refractivity contribution in [2.45, 2.75) is 32.5 Å². The molecule has 0 saturated heterocycles. The number of benzene rings is 1. The van der Waals surface area contributed by atoms with Gasteiger partial charge in [-0.1, -0.05) is 36.5 Å². The van der Waals surface area contributed by atoms with Crippen LogP contribution in [-0.2, 0) is 11.3 Å². The minimum Gasteiger partial charge on any atom is -0.355 e. The van der Waals surface area contributed by atoms with Gasteiger partial charge < -0.3 is 15.2 Å². The van der Waals surface area contributed by atoms with Gasteiger partial charge >= 0.3 is 11.9 Å². The molecule has 1 aromatic carbocycles. The van der Waals surface area contributed by atoms with Gasteiger partial charge in [-0.3, -0.25) is 9.36 Å². The number of carbonyl (C=O) groups is 1. The van der Waals surface area contributed by atoms with E-state index in [-0.39, 0.29) is 24.6 Å². The summed E-state index contributed by atoms with van der Waals surface area (Å²) in [5, 5.41) is 3.35. The first-order valence-electron chi connectivity index (χ1n) is 9.65. The van der Waals surface area contributed by atoms with Crippen LogP contribution in [0.2, 0.25) is 10.0 Å². The summed E-state index contributed by atoms with van der Waals surface area (Å²) in [7, 11) is 0. The standard InChI is InChI=1S/C20H21Cl2F3N4O2/c1-2-3-4-26-17(30)10-29-18-16(27-19(29)31)7-13(9-28(18)11-20(23,24)25)12-5-14(21)8-15(22)6-12/h5-8H,2-4,9-11H2,1H3,(H,26,30)(H,27,31). The van der Waals surface area contributed by atoms with E-state index < -0.39 is 24.3 Å². The van der Waals surface area contributed by atoms with E-state index in [1.807, 2.05) is 6.92 Å². The Morgan fingerprint density at radius 3 is 2.52 bits per heavy atom. The number of nitrogens with zero attached hydrogens (tertiary/aromatic N) is 2. The minimum atomic E-state index is -4.52. The zero-order chi connectivity index (χ0) is 22.8. The van der Waals surface area contributed by atoms with Crippen LogP contribution in [0.3, 0.4) is 0 Å². The third-order valence-electron chi connectivity index (χ3n) is 4.72. The van der Waals surface area contributed by atoms with E-state index in [4.69, 9.17) is 23.2 Å². The van der Waals surface area contributed by atoms with E-state index in [2.05, 4.69) is 10.3 Å². The fraction of sp³-hybridized carbons (Fsp3) is 0.400. The number of hydrogen-bond acceptors (Lipinski definition) is 3. The number of imidazole rings is 1. The number of halogens is 5. The molecule has 0 aliphatic carbocycles. The molecule has 3 rings (SSSR count). The molecule has 0 unspecified atom stereocenters. The second-order valence-electron chi connectivity index (χ2n) is 7.26. The van der Waals surface area contributed by atoms with Gasteiger partial charge in [0.25, 0.3) is 0 Å². The Kier molecular flexibility index (Phi) is 7.06. The maximum atomic E-state index is 13.3. The van der Waals surface area contributed by atoms with Crippen molar-refractivity contribution in [1.29, 1.82) is 0 Å². The quantitative estimate of drug-likeness (QED) is 0.584. The zero-order valence-electron chi connectivity index (χ0n) is 16.7. The Hall–Kier alpha value is -2.39. The summed E-state index contributed by atoms with van der Waals surface area (Å²) < 4.78 is 41.0. The Morgan fingerprint density at radius 1 is 1.23 bits per heavy atom. The number of hydrogen-bond donors (Lipinski definition) is 2. The van der Waals surface area contributed by atoms with Crippen molar-refractivity contribution >= 4 is 46.6 Å². The fourth-order valence-electron chi connectivity index (χ4n) is 3.43. The number of alkyl halides is 3. The predicted octanol–water partition coefficient (Wildman–Crippen LogP) is 4.32. The normalized spacial score (nSPS) is 13.7. The largest absolute Gasteiger partial charge is 0.405 e. The van der Waals surface area contributed by atoms with Gasteiger partial charge in [-0.15, -0.1) is 0 Å². The molecule has 2 N–H and O–H groups in total. The highest BCUT2D eigenvalue weighted by molar-refractivity contribution is 6.35. The smallest absolute Gasteiger partial charge is 0.355 e. The Balaban J connectivity index is 2.01. The van der Waals surface area contributed by atoms with Gasteiger partial charge in [0.15, 0.2) is 0 Å². The van der Waals surface area contributed by atoms with E-state index in [9.17, 15) is 22.8 Å². The lowest BCUT2D eigenvalue weighted by Crippen LogP contribution is -2.40. The number of anilines is 1. The first-order chi connectivity index (χ1) is 14.6. The van der Waals surface area contributed by atoms with Crippen LogP contribution in [0.1, 0.15) is 31.0 Å². The zero-order valence-corrected chi connectivity index (χ0v) is 18.2. The highest BCUT2D eigenvalue weighted by Crippen LogP contribution is 2.35. The maximum Gasteiger partial charge on any atom is 0.405 e. The SMILES string of the molecule is CCCCNC(=O)Cn1c2c([nH]c1=O)C=C(c1cc(Cl)cc(Cl)c1)CN2CC(F)(F)F. The van der Waals surface area contributed by atoms with Crippen LogP contribution < -0.4 is 15.9 Å². The summed E-state index contributed by atoms with van der Waals surface area (Å²) >= 11 is 12.1. The first kappa shape index (κ1) is 23.3. The molecule has 0 fully saturated rings. The minimum absolute atomic E-state index is 0.0184. The van der Waals surface area contributed by atoms with Gasteiger partial charge in [-0.05, 0) is 41.8 Å².